The van der Waals surface area contributed by atoms with Crippen molar-refractivity contribution >= 4 is 6.09 Å². The lowest BCUT2D eigenvalue weighted by molar-refractivity contribution is -0.0328. The van der Waals surface area contributed by atoms with Crippen LogP contribution in [0.25, 0.3) is 0 Å². The Morgan fingerprint density at radius 2 is 1.63 bits per heavy atom. The smallest absolute Gasteiger partial charge is 0.410 e. The van der Waals surface area contributed by atoms with Crippen LogP contribution in [0.1, 0.15) is 20.8 Å². The van der Waals surface area contributed by atoms with Crippen LogP contribution >= 0.6 is 0 Å². The number of amides is 1. The molecule has 19 heavy (non-hydrogen) atoms. The van der Waals surface area contributed by atoms with Crippen molar-refractivity contribution in [2.75, 3.05) is 46.4 Å². The summed E-state index contributed by atoms with van der Waals surface area (Å²) in [5.41, 5.74) is -0.429. The van der Waals surface area contributed by atoms with Crippen molar-refractivity contribution in [3.8, 4) is 0 Å². The topological polar surface area (TPSA) is 42.0 Å². The Hall–Kier alpha value is -0.810. The average molecular weight is 270 g/mol. The van der Waals surface area contributed by atoms with E-state index in [0.29, 0.717) is 11.8 Å². The molecule has 3 heterocycles. The lowest BCUT2D eigenvalue weighted by Crippen LogP contribution is -2.52. The highest BCUT2D eigenvalue weighted by molar-refractivity contribution is 5.68. The second kappa shape index (κ2) is 5.67. The minimum atomic E-state index is -0.429. The molecular weight excluding hydrogens is 244 g/mol. The summed E-state index contributed by atoms with van der Waals surface area (Å²) in [6, 6.07) is 0. The Balaban J connectivity index is 2.04. The first-order valence-electron chi connectivity index (χ1n) is 7.07. The van der Waals surface area contributed by atoms with Crippen molar-refractivity contribution in [3.63, 3.8) is 0 Å². The molecule has 3 aliphatic rings. The van der Waals surface area contributed by atoms with Crippen molar-refractivity contribution in [1.29, 1.82) is 0 Å². The van der Waals surface area contributed by atoms with Crippen molar-refractivity contribution in [2.24, 2.45) is 11.8 Å². The van der Waals surface area contributed by atoms with Crippen molar-refractivity contribution < 1.29 is 14.3 Å². The van der Waals surface area contributed by atoms with E-state index in [0.717, 1.165) is 39.4 Å². The molecule has 3 aliphatic heterocycles. The predicted molar refractivity (Wildman–Crippen MR) is 73.1 cm³/mol. The van der Waals surface area contributed by atoms with Gasteiger partial charge in [0.15, 0.2) is 0 Å². The summed E-state index contributed by atoms with van der Waals surface area (Å²) in [4.78, 5) is 16.5. The number of hydrogen-bond acceptors (Lipinski definition) is 4. The number of fused-ring (bicyclic) bond motifs is 6. The third-order valence-electron chi connectivity index (χ3n) is 3.46. The molecule has 5 nitrogen and oxygen atoms in total. The van der Waals surface area contributed by atoms with Gasteiger partial charge in [0.25, 0.3) is 0 Å². The van der Waals surface area contributed by atoms with E-state index in [-0.39, 0.29) is 6.09 Å². The van der Waals surface area contributed by atoms with E-state index < -0.39 is 5.60 Å². The number of carbonyl (C=O) groups is 1. The van der Waals surface area contributed by atoms with Crippen LogP contribution in [0, 0.1) is 11.8 Å². The Morgan fingerprint density at radius 3 is 2.11 bits per heavy atom. The van der Waals surface area contributed by atoms with E-state index >= 15 is 0 Å². The molecule has 5 heteroatoms. The van der Waals surface area contributed by atoms with Gasteiger partial charge in [0, 0.05) is 38.0 Å². The SMILES string of the molecule is CN1CC2COCC(C1)CN(C(=O)OC(C)(C)C)C2. The van der Waals surface area contributed by atoms with E-state index in [2.05, 4.69) is 11.9 Å². The van der Waals surface area contributed by atoms with Crippen molar-refractivity contribution in [2.45, 2.75) is 26.4 Å². The van der Waals surface area contributed by atoms with Gasteiger partial charge in [-0.2, -0.15) is 0 Å². The zero-order chi connectivity index (χ0) is 14.0. The fourth-order valence-electron chi connectivity index (χ4n) is 2.86. The van der Waals surface area contributed by atoms with Gasteiger partial charge in [0.1, 0.15) is 5.60 Å². The molecule has 0 radical (unpaired) electrons. The molecule has 3 fully saturated rings. The van der Waals surface area contributed by atoms with Gasteiger partial charge in [-0.3, -0.25) is 0 Å². The van der Waals surface area contributed by atoms with Gasteiger partial charge < -0.3 is 19.3 Å². The molecule has 0 aliphatic carbocycles. The third kappa shape index (κ3) is 4.35. The number of carbonyl (C=O) groups excluding carboxylic acids is 1. The van der Waals surface area contributed by atoms with Crippen LogP contribution in [0.15, 0.2) is 0 Å². The lowest BCUT2D eigenvalue weighted by atomic mass is 10.0. The van der Waals surface area contributed by atoms with Crippen LogP contribution in [0.5, 0.6) is 0 Å². The van der Waals surface area contributed by atoms with Crippen LogP contribution in [0.4, 0.5) is 4.79 Å². The quantitative estimate of drug-likeness (QED) is 0.668. The summed E-state index contributed by atoms with van der Waals surface area (Å²) < 4.78 is 11.2. The molecule has 0 saturated carbocycles. The molecule has 1 amide bonds. The van der Waals surface area contributed by atoms with Gasteiger partial charge in [-0.25, -0.2) is 4.79 Å². The lowest BCUT2D eigenvalue weighted by Gasteiger charge is -2.40. The van der Waals surface area contributed by atoms with E-state index in [1.165, 1.54) is 0 Å². The summed E-state index contributed by atoms with van der Waals surface area (Å²) in [5, 5.41) is 0. The Bertz CT molecular complexity index is 311. The first-order chi connectivity index (χ1) is 8.83. The molecular formula is C14H26N2O3. The van der Waals surface area contributed by atoms with Crippen LogP contribution < -0.4 is 0 Å². The molecule has 2 bridgehead atoms. The molecule has 0 aromatic carbocycles. The predicted octanol–water partition coefficient (Wildman–Crippen LogP) is 1.43. The van der Waals surface area contributed by atoms with E-state index in [9.17, 15) is 4.79 Å². The second-order valence-electron chi connectivity index (χ2n) is 6.88. The van der Waals surface area contributed by atoms with E-state index in [1.54, 1.807) is 0 Å². The van der Waals surface area contributed by atoms with Gasteiger partial charge in [0.2, 0.25) is 0 Å². The highest BCUT2D eigenvalue weighted by Gasteiger charge is 2.32. The van der Waals surface area contributed by atoms with Gasteiger partial charge in [-0.1, -0.05) is 0 Å². The molecule has 0 aromatic rings. The molecule has 2 unspecified atom stereocenters. The molecule has 0 spiro atoms. The van der Waals surface area contributed by atoms with E-state index in [4.69, 9.17) is 9.47 Å². The van der Waals surface area contributed by atoms with Gasteiger partial charge in [-0.05, 0) is 27.8 Å². The number of hydrogen-bond donors (Lipinski definition) is 0. The minimum Gasteiger partial charge on any atom is -0.444 e. The number of rotatable bonds is 0. The largest absolute Gasteiger partial charge is 0.444 e. The maximum absolute atomic E-state index is 12.2. The minimum absolute atomic E-state index is 0.186. The standard InChI is InChI=1S/C14H26N2O3/c1-14(2,3)19-13(17)16-7-11-5-15(4)6-12(8-16)10-18-9-11/h11-12H,5-10H2,1-4H3. The molecule has 3 rings (SSSR count). The zero-order valence-electron chi connectivity index (χ0n) is 12.5. The molecule has 110 valence electrons. The van der Waals surface area contributed by atoms with Gasteiger partial charge in [0.05, 0.1) is 13.2 Å². The fraction of sp³-hybridized carbons (Fsp3) is 0.929. The third-order valence-corrected chi connectivity index (χ3v) is 3.46. The molecule has 0 N–H and O–H groups in total. The Morgan fingerprint density at radius 1 is 1.11 bits per heavy atom. The van der Waals surface area contributed by atoms with Crippen molar-refractivity contribution in [3.05, 3.63) is 0 Å². The van der Waals surface area contributed by atoms with Gasteiger partial charge >= 0.3 is 6.09 Å². The molecule has 2 atom stereocenters. The summed E-state index contributed by atoms with van der Waals surface area (Å²) in [6.45, 7) is 10.6. The van der Waals surface area contributed by atoms with Crippen molar-refractivity contribution in [1.82, 2.24) is 9.80 Å². The first kappa shape index (κ1) is 14.6. The maximum Gasteiger partial charge on any atom is 0.410 e. The number of ether oxygens (including phenoxy) is 2. The highest BCUT2D eigenvalue weighted by atomic mass is 16.6. The summed E-state index contributed by atoms with van der Waals surface area (Å²) in [7, 11) is 2.15. The Kier molecular flexibility index (Phi) is 4.36. The molecule has 3 saturated heterocycles. The second-order valence-corrected chi connectivity index (χ2v) is 6.88. The monoisotopic (exact) mass is 270 g/mol. The highest BCUT2D eigenvalue weighted by Crippen LogP contribution is 2.20. The van der Waals surface area contributed by atoms with Crippen LogP contribution in [0.3, 0.4) is 0 Å². The summed E-state index contributed by atoms with van der Waals surface area (Å²) in [5.74, 6) is 0.748. The van der Waals surface area contributed by atoms with Gasteiger partial charge in [-0.15, -0.1) is 0 Å². The normalized spacial score (nSPS) is 29.6. The summed E-state index contributed by atoms with van der Waals surface area (Å²) >= 11 is 0. The average Bonchev–Trinajstić information content (AvgIpc) is 2.16. The summed E-state index contributed by atoms with van der Waals surface area (Å²) in [6.07, 6.45) is -0.186. The van der Waals surface area contributed by atoms with Crippen LogP contribution in [-0.4, -0.2) is 67.9 Å². The Labute approximate surface area is 115 Å². The zero-order valence-corrected chi connectivity index (χ0v) is 12.5. The maximum atomic E-state index is 12.2. The van der Waals surface area contributed by atoms with Crippen LogP contribution in [0.2, 0.25) is 0 Å². The van der Waals surface area contributed by atoms with Crippen LogP contribution in [-0.2, 0) is 9.47 Å². The first-order valence-corrected chi connectivity index (χ1v) is 7.07. The number of nitrogens with zero attached hydrogens (tertiary/aromatic N) is 2. The molecule has 0 aromatic heterocycles. The fourth-order valence-corrected chi connectivity index (χ4v) is 2.86. The van der Waals surface area contributed by atoms with E-state index in [1.807, 2.05) is 25.7 Å².